The Balaban J connectivity index is 1.71. The molecule has 0 aliphatic carbocycles. The predicted octanol–water partition coefficient (Wildman–Crippen LogP) is 2.57. The second kappa shape index (κ2) is 9.19. The first-order chi connectivity index (χ1) is 12.0. The molecule has 1 aliphatic rings. The number of hydrogen-bond acceptors (Lipinski definition) is 4. The van der Waals surface area contributed by atoms with E-state index < -0.39 is 6.61 Å². The zero-order valence-electron chi connectivity index (χ0n) is 14.0. The smallest absolute Gasteiger partial charge is 0.409 e. The van der Waals surface area contributed by atoms with E-state index in [1.807, 2.05) is 0 Å². The lowest BCUT2D eigenvalue weighted by Crippen LogP contribution is -2.38. The maximum Gasteiger partial charge on any atom is 0.409 e. The summed E-state index contributed by atoms with van der Waals surface area (Å²) in [4.78, 5) is 25.2. The van der Waals surface area contributed by atoms with Crippen molar-refractivity contribution < 1.29 is 27.8 Å². The van der Waals surface area contributed by atoms with Gasteiger partial charge in [-0.3, -0.25) is 4.79 Å². The van der Waals surface area contributed by atoms with E-state index in [1.54, 1.807) is 24.0 Å². The van der Waals surface area contributed by atoms with Gasteiger partial charge in [0.1, 0.15) is 5.75 Å². The molecule has 1 N–H and O–H groups in total. The van der Waals surface area contributed by atoms with Crippen molar-refractivity contribution in [1.82, 2.24) is 10.2 Å². The van der Waals surface area contributed by atoms with Gasteiger partial charge in [-0.2, -0.15) is 8.78 Å². The summed E-state index contributed by atoms with van der Waals surface area (Å²) in [6.07, 6.45) is 1.12. The van der Waals surface area contributed by atoms with E-state index in [9.17, 15) is 18.4 Å². The van der Waals surface area contributed by atoms with Crippen LogP contribution < -0.4 is 10.1 Å². The number of hydrogen-bond donors (Lipinski definition) is 1. The molecule has 138 valence electrons. The third-order valence-electron chi connectivity index (χ3n) is 3.87. The highest BCUT2D eigenvalue weighted by Crippen LogP contribution is 2.16. The number of carbonyl (C=O) groups excluding carboxylic acids is 2. The van der Waals surface area contributed by atoms with Crippen LogP contribution in [0.1, 0.15) is 25.3 Å². The molecule has 1 aliphatic heterocycles. The van der Waals surface area contributed by atoms with Crippen molar-refractivity contribution in [3.63, 3.8) is 0 Å². The lowest BCUT2D eigenvalue weighted by molar-refractivity contribution is -0.121. The summed E-state index contributed by atoms with van der Waals surface area (Å²) >= 11 is 0. The van der Waals surface area contributed by atoms with Crippen LogP contribution in [0.15, 0.2) is 24.3 Å². The van der Waals surface area contributed by atoms with E-state index >= 15 is 0 Å². The summed E-state index contributed by atoms with van der Waals surface area (Å²) < 4.78 is 33.4. The van der Waals surface area contributed by atoms with E-state index in [2.05, 4.69) is 10.1 Å². The van der Waals surface area contributed by atoms with Gasteiger partial charge in [-0.15, -0.1) is 0 Å². The Bertz CT molecular complexity index is 581. The second-order valence-corrected chi connectivity index (χ2v) is 5.72. The highest BCUT2D eigenvalue weighted by Gasteiger charge is 2.27. The van der Waals surface area contributed by atoms with Crippen molar-refractivity contribution in [2.45, 2.75) is 38.8 Å². The van der Waals surface area contributed by atoms with Gasteiger partial charge in [0.25, 0.3) is 0 Å². The van der Waals surface area contributed by atoms with Crippen LogP contribution in [-0.4, -0.2) is 49.3 Å². The summed E-state index contributed by atoms with van der Waals surface area (Å²) in [7, 11) is 0. The standard InChI is InChI=1S/C17H22F2N2O4/c1-2-24-17(23)21-10-9-13(11-21)20-15(22)8-5-12-3-6-14(7-4-12)25-16(18)19/h3-4,6-7,13,16H,2,5,8-11H2,1H3,(H,20,22)/t13-/m1/s1. The molecule has 0 radical (unpaired) electrons. The molecule has 6 nitrogen and oxygen atoms in total. The number of alkyl halides is 2. The highest BCUT2D eigenvalue weighted by molar-refractivity contribution is 5.77. The molecule has 25 heavy (non-hydrogen) atoms. The fraction of sp³-hybridized carbons (Fsp3) is 0.529. The van der Waals surface area contributed by atoms with Crippen LogP contribution in [0.5, 0.6) is 5.75 Å². The zero-order valence-corrected chi connectivity index (χ0v) is 14.0. The molecule has 1 aromatic carbocycles. The van der Waals surface area contributed by atoms with Gasteiger partial charge in [-0.05, 0) is 37.5 Å². The van der Waals surface area contributed by atoms with Gasteiger partial charge in [-0.25, -0.2) is 4.79 Å². The Labute approximate surface area is 145 Å². The van der Waals surface area contributed by atoms with Gasteiger partial charge in [-0.1, -0.05) is 12.1 Å². The number of nitrogens with zero attached hydrogens (tertiary/aromatic N) is 1. The third kappa shape index (κ3) is 6.21. The first-order valence-corrected chi connectivity index (χ1v) is 8.22. The van der Waals surface area contributed by atoms with Gasteiger partial charge in [0.2, 0.25) is 5.91 Å². The molecule has 8 heteroatoms. The number of ether oxygens (including phenoxy) is 2. The van der Waals surface area contributed by atoms with Crippen molar-refractivity contribution in [3.8, 4) is 5.75 Å². The molecule has 1 aromatic rings. The summed E-state index contributed by atoms with van der Waals surface area (Å²) in [6, 6.07) is 6.14. The van der Waals surface area contributed by atoms with Crippen LogP contribution >= 0.6 is 0 Å². The Morgan fingerprint density at radius 3 is 2.68 bits per heavy atom. The third-order valence-corrected chi connectivity index (χ3v) is 3.87. The zero-order chi connectivity index (χ0) is 18.2. The molecule has 1 fully saturated rings. The van der Waals surface area contributed by atoms with Gasteiger partial charge in [0.05, 0.1) is 6.61 Å². The molecule has 2 rings (SSSR count). The molecule has 0 spiro atoms. The normalized spacial score (nSPS) is 16.8. The van der Waals surface area contributed by atoms with Crippen LogP contribution in [0.3, 0.4) is 0 Å². The van der Waals surface area contributed by atoms with Crippen LogP contribution in [0.25, 0.3) is 0 Å². The minimum Gasteiger partial charge on any atom is -0.450 e. The van der Waals surface area contributed by atoms with E-state index in [0.717, 1.165) is 5.56 Å². The van der Waals surface area contributed by atoms with Gasteiger partial charge in [0, 0.05) is 25.6 Å². The Kier molecular flexibility index (Phi) is 6.97. The number of rotatable bonds is 7. The number of aryl methyl sites for hydroxylation is 1. The van der Waals surface area contributed by atoms with Crippen molar-refractivity contribution in [1.29, 1.82) is 0 Å². The number of amides is 2. The monoisotopic (exact) mass is 356 g/mol. The van der Waals surface area contributed by atoms with E-state index in [1.165, 1.54) is 12.1 Å². The summed E-state index contributed by atoms with van der Waals surface area (Å²) in [5, 5.41) is 2.90. The Morgan fingerprint density at radius 2 is 2.04 bits per heavy atom. The molecule has 1 atom stereocenters. The minimum absolute atomic E-state index is 0.0706. The van der Waals surface area contributed by atoms with E-state index in [4.69, 9.17) is 4.74 Å². The number of benzene rings is 1. The Hall–Kier alpha value is -2.38. The maximum atomic E-state index is 12.1. The van der Waals surface area contributed by atoms with Crippen LogP contribution in [-0.2, 0) is 16.0 Å². The molecular formula is C17H22F2N2O4. The van der Waals surface area contributed by atoms with Gasteiger partial charge in [0.15, 0.2) is 0 Å². The van der Waals surface area contributed by atoms with E-state index in [-0.39, 0.29) is 30.2 Å². The highest BCUT2D eigenvalue weighted by atomic mass is 19.3. The van der Waals surface area contributed by atoms with Crippen molar-refractivity contribution >= 4 is 12.0 Å². The molecule has 1 heterocycles. The molecule has 2 amide bonds. The quantitative estimate of drug-likeness (QED) is 0.815. The topological polar surface area (TPSA) is 67.9 Å². The van der Waals surface area contributed by atoms with Crippen molar-refractivity contribution in [2.75, 3.05) is 19.7 Å². The fourth-order valence-corrected chi connectivity index (χ4v) is 2.65. The molecule has 0 aromatic heterocycles. The maximum absolute atomic E-state index is 12.1. The predicted molar refractivity (Wildman–Crippen MR) is 86.5 cm³/mol. The molecule has 0 bridgehead atoms. The SMILES string of the molecule is CCOC(=O)N1CC[C@@H](NC(=O)CCc2ccc(OC(F)F)cc2)C1. The van der Waals surface area contributed by atoms with Crippen molar-refractivity contribution in [3.05, 3.63) is 29.8 Å². The van der Waals surface area contributed by atoms with Crippen LogP contribution in [0.4, 0.5) is 13.6 Å². The summed E-state index contributed by atoms with van der Waals surface area (Å²) in [5.41, 5.74) is 0.858. The summed E-state index contributed by atoms with van der Waals surface area (Å²) in [5.74, 6) is -0.0168. The summed E-state index contributed by atoms with van der Waals surface area (Å²) in [6.45, 7) is 0.240. The van der Waals surface area contributed by atoms with Crippen LogP contribution in [0.2, 0.25) is 0 Å². The first kappa shape index (κ1) is 19.0. The minimum atomic E-state index is -2.85. The number of likely N-dealkylation sites (tertiary alicyclic amines) is 1. The fourth-order valence-electron chi connectivity index (χ4n) is 2.65. The number of halogens is 2. The molecule has 0 unspecified atom stereocenters. The number of nitrogens with one attached hydrogen (secondary N) is 1. The first-order valence-electron chi connectivity index (χ1n) is 8.22. The average molecular weight is 356 g/mol. The van der Waals surface area contributed by atoms with Gasteiger partial charge >= 0.3 is 12.7 Å². The lowest BCUT2D eigenvalue weighted by Gasteiger charge is -2.16. The molecule has 1 saturated heterocycles. The number of carbonyl (C=O) groups is 2. The van der Waals surface area contributed by atoms with Crippen LogP contribution in [0, 0.1) is 0 Å². The van der Waals surface area contributed by atoms with E-state index in [0.29, 0.717) is 32.5 Å². The van der Waals surface area contributed by atoms with Crippen molar-refractivity contribution in [2.24, 2.45) is 0 Å². The lowest BCUT2D eigenvalue weighted by atomic mass is 10.1. The molecular weight excluding hydrogens is 334 g/mol. The Morgan fingerprint density at radius 1 is 1.32 bits per heavy atom. The molecule has 0 saturated carbocycles. The second-order valence-electron chi connectivity index (χ2n) is 5.72. The van der Waals surface area contributed by atoms with Gasteiger partial charge < -0.3 is 19.7 Å². The largest absolute Gasteiger partial charge is 0.450 e. The average Bonchev–Trinajstić information content (AvgIpc) is 3.02.